The van der Waals surface area contributed by atoms with Crippen LogP contribution in [0.15, 0.2) is 52.8 Å². The summed E-state index contributed by atoms with van der Waals surface area (Å²) in [6.07, 6.45) is 0. The van der Waals surface area contributed by atoms with Gasteiger partial charge in [-0.25, -0.2) is 0 Å². The van der Waals surface area contributed by atoms with Crippen LogP contribution in [0, 0.1) is 0 Å². The Morgan fingerprint density at radius 1 is 1.17 bits per heavy atom. The van der Waals surface area contributed by atoms with E-state index in [0.717, 1.165) is 6.54 Å². The van der Waals surface area contributed by atoms with Crippen LogP contribution in [0.4, 0.5) is 0 Å². The van der Waals surface area contributed by atoms with Gasteiger partial charge >= 0.3 is 122 Å². The number of benzene rings is 1. The fourth-order valence-electron chi connectivity index (χ4n) is 1.75. The Hall–Kier alpha value is -0.541. The first-order valence-corrected chi connectivity index (χ1v) is 9.67. The first-order chi connectivity index (χ1) is 8.92. The molecule has 18 heavy (non-hydrogen) atoms. The van der Waals surface area contributed by atoms with Crippen LogP contribution in [0.25, 0.3) is 0 Å². The molecule has 2 aromatic rings. The van der Waals surface area contributed by atoms with Gasteiger partial charge in [-0.2, -0.15) is 0 Å². The van der Waals surface area contributed by atoms with Gasteiger partial charge in [-0.05, 0) is 0 Å². The molecule has 1 aliphatic heterocycles. The number of rotatable bonds is 4. The molecule has 3 rings (SSSR count). The van der Waals surface area contributed by atoms with Gasteiger partial charge in [0.15, 0.2) is 0 Å². The SMILES string of the molecule is c1ccc([Se]CC2CN=C(c3cccs3)S2)cc1. The summed E-state index contributed by atoms with van der Waals surface area (Å²) in [7, 11) is 0. The summed E-state index contributed by atoms with van der Waals surface area (Å²) in [6.45, 7) is 0.993. The molecule has 1 aliphatic rings. The molecule has 0 saturated carbocycles. The second kappa shape index (κ2) is 6.07. The van der Waals surface area contributed by atoms with E-state index < -0.39 is 0 Å². The Balaban J connectivity index is 1.53. The van der Waals surface area contributed by atoms with Gasteiger partial charge in [0, 0.05) is 0 Å². The van der Waals surface area contributed by atoms with Gasteiger partial charge in [0.25, 0.3) is 0 Å². The number of hydrogen-bond acceptors (Lipinski definition) is 3. The van der Waals surface area contributed by atoms with E-state index in [1.54, 1.807) is 11.3 Å². The molecule has 0 saturated heterocycles. The molecule has 0 N–H and O–H groups in total. The van der Waals surface area contributed by atoms with Gasteiger partial charge in [-0.1, -0.05) is 0 Å². The van der Waals surface area contributed by atoms with Gasteiger partial charge in [0.05, 0.1) is 0 Å². The standard InChI is InChI=1S/C14H13NS2Se/c1-2-5-12(6-3-1)18-10-11-9-15-14(17-11)13-7-4-8-16-13/h1-8,11H,9-10H2. The van der Waals surface area contributed by atoms with Crippen molar-refractivity contribution in [1.82, 2.24) is 0 Å². The summed E-state index contributed by atoms with van der Waals surface area (Å²) in [5.41, 5.74) is 0. The predicted molar refractivity (Wildman–Crippen MR) is 83.7 cm³/mol. The van der Waals surface area contributed by atoms with Crippen molar-refractivity contribution >= 4 is 47.6 Å². The fraction of sp³-hybridized carbons (Fsp3) is 0.214. The Morgan fingerprint density at radius 3 is 2.83 bits per heavy atom. The van der Waals surface area contributed by atoms with Crippen molar-refractivity contribution in [2.75, 3.05) is 6.54 Å². The van der Waals surface area contributed by atoms with E-state index in [4.69, 9.17) is 0 Å². The first-order valence-electron chi connectivity index (χ1n) is 5.84. The summed E-state index contributed by atoms with van der Waals surface area (Å²) < 4.78 is 1.50. The van der Waals surface area contributed by atoms with Crippen LogP contribution in [-0.4, -0.2) is 31.8 Å². The van der Waals surface area contributed by atoms with Crippen molar-refractivity contribution in [3.05, 3.63) is 52.7 Å². The Morgan fingerprint density at radius 2 is 2.06 bits per heavy atom. The second-order valence-electron chi connectivity index (χ2n) is 3.99. The van der Waals surface area contributed by atoms with E-state index in [-0.39, 0.29) is 0 Å². The van der Waals surface area contributed by atoms with E-state index in [1.807, 2.05) is 11.8 Å². The number of thioether (sulfide) groups is 1. The molecule has 1 aromatic heterocycles. The van der Waals surface area contributed by atoms with E-state index in [0.29, 0.717) is 20.2 Å². The molecule has 92 valence electrons. The maximum atomic E-state index is 4.67. The van der Waals surface area contributed by atoms with Crippen LogP contribution in [0.5, 0.6) is 0 Å². The van der Waals surface area contributed by atoms with Gasteiger partial charge in [0.2, 0.25) is 0 Å². The number of hydrogen-bond donors (Lipinski definition) is 0. The monoisotopic (exact) mass is 339 g/mol. The van der Waals surface area contributed by atoms with Crippen molar-refractivity contribution in [3.63, 3.8) is 0 Å². The second-order valence-corrected chi connectivity index (χ2v) is 8.52. The zero-order valence-electron chi connectivity index (χ0n) is 9.78. The molecular weight excluding hydrogens is 325 g/mol. The molecule has 1 aromatic carbocycles. The molecule has 0 radical (unpaired) electrons. The molecule has 1 nitrogen and oxygen atoms in total. The third-order valence-electron chi connectivity index (χ3n) is 2.63. The van der Waals surface area contributed by atoms with Crippen molar-refractivity contribution in [1.29, 1.82) is 0 Å². The molecule has 1 unspecified atom stereocenters. The summed E-state index contributed by atoms with van der Waals surface area (Å²) >= 11 is 4.34. The van der Waals surface area contributed by atoms with E-state index >= 15 is 0 Å². The predicted octanol–water partition coefficient (Wildman–Crippen LogP) is 3.06. The first kappa shape index (κ1) is 12.5. The van der Waals surface area contributed by atoms with Gasteiger partial charge in [-0.3, -0.25) is 0 Å². The fourth-order valence-corrected chi connectivity index (χ4v) is 6.06. The summed E-state index contributed by atoms with van der Waals surface area (Å²) in [6, 6.07) is 15.1. The summed E-state index contributed by atoms with van der Waals surface area (Å²) in [5.74, 6) is 0. The van der Waals surface area contributed by atoms with Crippen LogP contribution in [-0.2, 0) is 0 Å². The summed E-state index contributed by atoms with van der Waals surface area (Å²) in [4.78, 5) is 6.00. The average Bonchev–Trinajstić information content (AvgIpc) is 3.08. The molecular formula is C14H13NS2Se. The van der Waals surface area contributed by atoms with Crippen LogP contribution in [0.1, 0.15) is 4.88 Å². The zero-order valence-corrected chi connectivity index (χ0v) is 13.1. The summed E-state index contributed by atoms with van der Waals surface area (Å²) in [5, 5.41) is 5.33. The van der Waals surface area contributed by atoms with Crippen LogP contribution in [0.3, 0.4) is 0 Å². The molecule has 0 amide bonds. The van der Waals surface area contributed by atoms with Crippen molar-refractivity contribution in [2.24, 2.45) is 4.99 Å². The average molecular weight is 338 g/mol. The van der Waals surface area contributed by atoms with Crippen LogP contribution < -0.4 is 4.46 Å². The number of thiophene rings is 1. The van der Waals surface area contributed by atoms with Gasteiger partial charge in [0.1, 0.15) is 0 Å². The van der Waals surface area contributed by atoms with E-state index in [1.165, 1.54) is 19.7 Å². The molecule has 1 atom stereocenters. The normalized spacial score (nSPS) is 18.9. The van der Waals surface area contributed by atoms with Crippen molar-refractivity contribution in [3.8, 4) is 0 Å². The maximum absolute atomic E-state index is 4.67. The topological polar surface area (TPSA) is 12.4 Å². The molecule has 0 aliphatic carbocycles. The molecule has 2 heterocycles. The quantitative estimate of drug-likeness (QED) is 0.781. The van der Waals surface area contributed by atoms with E-state index in [9.17, 15) is 0 Å². The molecule has 0 fully saturated rings. The third-order valence-corrected chi connectivity index (χ3v) is 7.80. The molecule has 0 spiro atoms. The number of aliphatic imine (C=N–C) groups is 1. The minimum absolute atomic E-state index is 0.583. The third kappa shape index (κ3) is 3.07. The van der Waals surface area contributed by atoms with Crippen LogP contribution in [0.2, 0.25) is 5.32 Å². The minimum atomic E-state index is 0.583. The molecule has 4 heteroatoms. The van der Waals surface area contributed by atoms with Crippen LogP contribution >= 0.6 is 23.1 Å². The molecule has 0 bridgehead atoms. The van der Waals surface area contributed by atoms with Crippen molar-refractivity contribution < 1.29 is 0 Å². The van der Waals surface area contributed by atoms with Crippen molar-refractivity contribution in [2.45, 2.75) is 10.6 Å². The number of nitrogens with zero attached hydrogens (tertiary/aromatic N) is 1. The Bertz CT molecular complexity index is 522. The zero-order chi connectivity index (χ0) is 12.2. The Kier molecular flexibility index (Phi) is 4.21. The Labute approximate surface area is 122 Å². The van der Waals surface area contributed by atoms with E-state index in [2.05, 4.69) is 52.8 Å². The van der Waals surface area contributed by atoms with Gasteiger partial charge < -0.3 is 0 Å². The van der Waals surface area contributed by atoms with Gasteiger partial charge in [-0.15, -0.1) is 0 Å².